The summed E-state index contributed by atoms with van der Waals surface area (Å²) in [5.41, 5.74) is 0.0913. The van der Waals surface area contributed by atoms with Gasteiger partial charge in [-0.1, -0.05) is 34.8 Å². The predicted molar refractivity (Wildman–Crippen MR) is 85.3 cm³/mol. The molecule has 0 atom stereocenters. The number of alkyl halides is 3. The fraction of sp³-hybridized carbons (Fsp3) is 0.154. The van der Waals surface area contributed by atoms with Crippen molar-refractivity contribution in [2.45, 2.75) is 6.18 Å². The number of benzene rings is 1. The number of anilines is 1. The monoisotopic (exact) mass is 403 g/mol. The Kier molecular flexibility index (Phi) is 5.67. The molecule has 3 nitrogen and oxygen atoms in total. The van der Waals surface area contributed by atoms with Crippen molar-refractivity contribution in [3.63, 3.8) is 0 Å². The fourth-order valence-electron chi connectivity index (χ4n) is 1.57. The van der Waals surface area contributed by atoms with Crippen molar-refractivity contribution in [2.24, 2.45) is 0 Å². The average molecular weight is 405 g/mol. The van der Waals surface area contributed by atoms with Crippen LogP contribution < -0.4 is 10.1 Å². The molecule has 1 N–H and O–H groups in total. The number of nitrogens with one attached hydrogen (secondary N) is 1. The normalized spacial score (nSPS) is 11.4. The highest BCUT2D eigenvalue weighted by molar-refractivity contribution is 7.20. The molecule has 0 aliphatic carbocycles. The summed E-state index contributed by atoms with van der Waals surface area (Å²) in [4.78, 5) is 12.1. The van der Waals surface area contributed by atoms with Gasteiger partial charge in [0.15, 0.2) is 6.61 Å². The molecule has 0 saturated carbocycles. The van der Waals surface area contributed by atoms with E-state index in [0.717, 1.165) is 11.3 Å². The lowest BCUT2D eigenvalue weighted by atomic mass is 10.2. The van der Waals surface area contributed by atoms with Crippen LogP contribution in [-0.2, 0) is 0 Å². The SMILES string of the molecule is O=C(Nc1cc(Cl)ccc1OCC(F)(F)F)c1cc(Cl)sc1Cl. The molecular formula is C13H7Cl3F3NO2S. The van der Waals surface area contributed by atoms with Gasteiger partial charge in [-0.15, -0.1) is 11.3 Å². The fourth-order valence-corrected chi connectivity index (χ4v) is 3.20. The standard InChI is InChI=1S/C13H7Cl3F3NO2S/c14-6-1-2-9(22-5-13(17,18)19)8(3-6)20-12(21)7-4-10(15)23-11(7)16/h1-4H,5H2,(H,20,21). The van der Waals surface area contributed by atoms with Gasteiger partial charge in [0, 0.05) is 5.02 Å². The minimum absolute atomic E-state index is 0.00913. The molecular weight excluding hydrogens is 398 g/mol. The molecule has 0 fully saturated rings. The molecule has 0 saturated heterocycles. The maximum Gasteiger partial charge on any atom is 0.422 e. The third-order valence-corrected chi connectivity index (χ3v) is 4.21. The number of carbonyl (C=O) groups excluding carboxylic acids is 1. The van der Waals surface area contributed by atoms with E-state index in [1.165, 1.54) is 24.3 Å². The van der Waals surface area contributed by atoms with Crippen LogP contribution in [0, 0.1) is 0 Å². The van der Waals surface area contributed by atoms with Crippen LogP contribution in [0.4, 0.5) is 18.9 Å². The van der Waals surface area contributed by atoms with Crippen molar-refractivity contribution >= 4 is 57.7 Å². The Morgan fingerprint density at radius 3 is 2.48 bits per heavy atom. The van der Waals surface area contributed by atoms with E-state index < -0.39 is 18.7 Å². The maximum atomic E-state index is 12.3. The number of amides is 1. The molecule has 0 aliphatic heterocycles. The first-order valence-corrected chi connectivity index (χ1v) is 7.86. The minimum Gasteiger partial charge on any atom is -0.482 e. The van der Waals surface area contributed by atoms with Gasteiger partial charge >= 0.3 is 6.18 Å². The number of thiophene rings is 1. The van der Waals surface area contributed by atoms with E-state index in [-0.39, 0.29) is 26.4 Å². The number of carbonyl (C=O) groups is 1. The predicted octanol–water partition coefficient (Wildman–Crippen LogP) is 5.90. The molecule has 10 heteroatoms. The zero-order valence-electron chi connectivity index (χ0n) is 11.0. The summed E-state index contributed by atoms with van der Waals surface area (Å²) in [6.45, 7) is -1.50. The van der Waals surface area contributed by atoms with E-state index >= 15 is 0 Å². The van der Waals surface area contributed by atoms with Gasteiger partial charge in [-0.2, -0.15) is 13.2 Å². The van der Waals surface area contributed by atoms with Crippen LogP contribution in [0.3, 0.4) is 0 Å². The minimum atomic E-state index is -4.51. The van der Waals surface area contributed by atoms with Crippen molar-refractivity contribution in [3.05, 3.63) is 43.5 Å². The van der Waals surface area contributed by atoms with E-state index in [1.807, 2.05) is 0 Å². The molecule has 2 aromatic rings. The summed E-state index contributed by atoms with van der Waals surface area (Å²) in [5, 5.41) is 2.62. The molecule has 2 rings (SSSR count). The van der Waals surface area contributed by atoms with Crippen LogP contribution in [0.25, 0.3) is 0 Å². The van der Waals surface area contributed by atoms with E-state index in [1.54, 1.807) is 0 Å². The molecule has 0 unspecified atom stereocenters. The lowest BCUT2D eigenvalue weighted by Gasteiger charge is -2.14. The Hall–Kier alpha value is -1.15. The first-order chi connectivity index (χ1) is 10.7. The number of ether oxygens (including phenoxy) is 1. The summed E-state index contributed by atoms with van der Waals surface area (Å²) in [7, 11) is 0. The van der Waals surface area contributed by atoms with E-state index in [2.05, 4.69) is 10.1 Å². The van der Waals surface area contributed by atoms with Gasteiger partial charge in [0.25, 0.3) is 5.91 Å². The Balaban J connectivity index is 2.22. The smallest absolute Gasteiger partial charge is 0.422 e. The second-order valence-corrected chi connectivity index (χ2v) is 6.96. The highest BCUT2D eigenvalue weighted by Gasteiger charge is 2.29. The summed E-state index contributed by atoms with van der Waals surface area (Å²) >= 11 is 18.4. The molecule has 0 spiro atoms. The van der Waals surface area contributed by atoms with Crippen molar-refractivity contribution in [3.8, 4) is 5.75 Å². The Morgan fingerprint density at radius 1 is 1.22 bits per heavy atom. The summed E-state index contributed by atoms with van der Waals surface area (Å²) in [6, 6.07) is 5.20. The lowest BCUT2D eigenvalue weighted by molar-refractivity contribution is -0.153. The highest BCUT2D eigenvalue weighted by Crippen LogP contribution is 2.34. The molecule has 23 heavy (non-hydrogen) atoms. The van der Waals surface area contributed by atoms with Gasteiger partial charge in [0.2, 0.25) is 0 Å². The first-order valence-electron chi connectivity index (χ1n) is 5.91. The van der Waals surface area contributed by atoms with Gasteiger partial charge < -0.3 is 10.1 Å². The quantitative estimate of drug-likeness (QED) is 0.689. The Morgan fingerprint density at radius 2 is 1.91 bits per heavy atom. The zero-order chi connectivity index (χ0) is 17.2. The van der Waals surface area contributed by atoms with Gasteiger partial charge in [-0.05, 0) is 24.3 Å². The number of rotatable bonds is 4. The molecule has 0 aliphatic rings. The van der Waals surface area contributed by atoms with Crippen LogP contribution in [0.1, 0.15) is 10.4 Å². The van der Waals surface area contributed by atoms with Crippen molar-refractivity contribution < 1.29 is 22.7 Å². The Bertz CT molecular complexity index is 734. The lowest BCUT2D eigenvalue weighted by Crippen LogP contribution is -2.20. The molecule has 1 aromatic heterocycles. The molecule has 0 bridgehead atoms. The third kappa shape index (κ3) is 5.17. The molecule has 1 aromatic carbocycles. The van der Waals surface area contributed by atoms with Gasteiger partial charge in [0.1, 0.15) is 10.1 Å². The van der Waals surface area contributed by atoms with Crippen LogP contribution >= 0.6 is 46.1 Å². The van der Waals surface area contributed by atoms with Crippen LogP contribution in [0.5, 0.6) is 5.75 Å². The zero-order valence-corrected chi connectivity index (χ0v) is 14.1. The van der Waals surface area contributed by atoms with Crippen molar-refractivity contribution in [1.82, 2.24) is 0 Å². The Labute approximate surface area is 147 Å². The summed E-state index contributed by atoms with van der Waals surface area (Å²) in [6.07, 6.45) is -4.51. The number of halogens is 6. The van der Waals surface area contributed by atoms with Crippen molar-refractivity contribution in [1.29, 1.82) is 0 Å². The van der Waals surface area contributed by atoms with Crippen LogP contribution in [0.15, 0.2) is 24.3 Å². The van der Waals surface area contributed by atoms with Gasteiger partial charge in [0.05, 0.1) is 15.6 Å². The van der Waals surface area contributed by atoms with Crippen LogP contribution in [-0.4, -0.2) is 18.7 Å². The molecule has 0 radical (unpaired) electrons. The van der Waals surface area contributed by atoms with Crippen LogP contribution in [0.2, 0.25) is 13.7 Å². The molecule has 124 valence electrons. The second kappa shape index (κ2) is 7.17. The van der Waals surface area contributed by atoms with Gasteiger partial charge in [-0.25, -0.2) is 0 Å². The second-order valence-electron chi connectivity index (χ2n) is 4.24. The highest BCUT2D eigenvalue weighted by atomic mass is 35.5. The molecule has 1 amide bonds. The maximum absolute atomic E-state index is 12.3. The average Bonchev–Trinajstić information content (AvgIpc) is 2.76. The van der Waals surface area contributed by atoms with Gasteiger partial charge in [-0.3, -0.25) is 4.79 Å². The van der Waals surface area contributed by atoms with E-state index in [9.17, 15) is 18.0 Å². The van der Waals surface area contributed by atoms with Crippen molar-refractivity contribution in [2.75, 3.05) is 11.9 Å². The summed E-state index contributed by atoms with van der Waals surface area (Å²) in [5.74, 6) is -0.810. The number of hydrogen-bond acceptors (Lipinski definition) is 3. The largest absolute Gasteiger partial charge is 0.482 e. The van der Waals surface area contributed by atoms with E-state index in [4.69, 9.17) is 34.8 Å². The number of hydrogen-bond donors (Lipinski definition) is 1. The topological polar surface area (TPSA) is 38.3 Å². The molecule has 1 heterocycles. The first kappa shape index (κ1) is 18.2. The van der Waals surface area contributed by atoms with E-state index in [0.29, 0.717) is 4.34 Å². The summed E-state index contributed by atoms with van der Waals surface area (Å²) < 4.78 is 41.9. The third-order valence-electron chi connectivity index (χ3n) is 2.48.